The van der Waals surface area contributed by atoms with Crippen LogP contribution in [0.5, 0.6) is 0 Å². The normalized spacial score (nSPS) is 17.8. The Labute approximate surface area is 106 Å². The number of nitrogens with one attached hydrogen (secondary N) is 1. The van der Waals surface area contributed by atoms with E-state index in [2.05, 4.69) is 22.6 Å². The number of aromatic nitrogens is 1. The van der Waals surface area contributed by atoms with E-state index in [1.165, 1.54) is 36.4 Å². The molecule has 1 saturated carbocycles. The zero-order valence-electron chi connectivity index (χ0n) is 9.87. The molecule has 4 heteroatoms. The summed E-state index contributed by atoms with van der Waals surface area (Å²) < 4.78 is 1.21. The highest BCUT2D eigenvalue weighted by atomic mass is 32.2. The summed E-state index contributed by atoms with van der Waals surface area (Å²) in [7, 11) is 0. The zero-order chi connectivity index (χ0) is 11.2. The molecule has 0 saturated heterocycles. The van der Waals surface area contributed by atoms with E-state index in [9.17, 15) is 0 Å². The Bertz CT molecular complexity index is 306. The van der Waals surface area contributed by atoms with Gasteiger partial charge in [-0.15, -0.1) is 11.3 Å². The predicted molar refractivity (Wildman–Crippen MR) is 72.5 cm³/mol. The van der Waals surface area contributed by atoms with Crippen LogP contribution in [0.4, 0.5) is 0 Å². The van der Waals surface area contributed by atoms with Crippen molar-refractivity contribution in [3.05, 3.63) is 11.1 Å². The van der Waals surface area contributed by atoms with E-state index in [-0.39, 0.29) is 0 Å². The van der Waals surface area contributed by atoms with Crippen molar-refractivity contribution in [2.45, 2.75) is 49.4 Å². The Morgan fingerprint density at radius 1 is 1.44 bits per heavy atom. The minimum atomic E-state index is 0.785. The van der Waals surface area contributed by atoms with Gasteiger partial charge < -0.3 is 5.32 Å². The summed E-state index contributed by atoms with van der Waals surface area (Å²) in [5.74, 6) is 1.14. The summed E-state index contributed by atoms with van der Waals surface area (Å²) in [4.78, 5) is 4.45. The molecule has 90 valence electrons. The highest BCUT2D eigenvalue weighted by Gasteiger charge is 2.11. The molecule has 16 heavy (non-hydrogen) atoms. The Kier molecular flexibility index (Phi) is 5.13. The molecule has 0 spiro atoms. The summed E-state index contributed by atoms with van der Waals surface area (Å²) in [6, 6.07) is 0.785. The van der Waals surface area contributed by atoms with Crippen molar-refractivity contribution in [1.82, 2.24) is 10.3 Å². The van der Waals surface area contributed by atoms with Crippen LogP contribution >= 0.6 is 23.1 Å². The molecule has 0 amide bonds. The van der Waals surface area contributed by atoms with Gasteiger partial charge in [0.1, 0.15) is 4.34 Å². The van der Waals surface area contributed by atoms with Crippen molar-refractivity contribution in [3.63, 3.8) is 0 Å². The molecule has 0 aliphatic heterocycles. The lowest BCUT2D eigenvalue weighted by Crippen LogP contribution is -2.32. The van der Waals surface area contributed by atoms with Crippen LogP contribution in [-0.2, 0) is 0 Å². The molecule has 1 fully saturated rings. The van der Waals surface area contributed by atoms with Gasteiger partial charge >= 0.3 is 0 Å². The fourth-order valence-corrected chi connectivity index (χ4v) is 3.90. The molecular formula is C12H20N2S2. The van der Waals surface area contributed by atoms with Gasteiger partial charge in [0, 0.05) is 29.4 Å². The van der Waals surface area contributed by atoms with Crippen LogP contribution < -0.4 is 5.32 Å². The number of aryl methyl sites for hydroxylation is 1. The van der Waals surface area contributed by atoms with Crippen LogP contribution in [0.1, 0.15) is 37.8 Å². The van der Waals surface area contributed by atoms with E-state index in [0.29, 0.717) is 0 Å². The van der Waals surface area contributed by atoms with E-state index in [0.717, 1.165) is 24.0 Å². The van der Waals surface area contributed by atoms with Crippen LogP contribution in [-0.4, -0.2) is 23.3 Å². The standard InChI is InChI=1S/C12H20N2S2/c1-10-9-16-12(14-10)15-8-7-13-11-5-3-2-4-6-11/h9,11,13H,2-8H2,1H3. The van der Waals surface area contributed by atoms with Crippen molar-refractivity contribution < 1.29 is 0 Å². The number of thioether (sulfide) groups is 1. The quantitative estimate of drug-likeness (QED) is 0.645. The molecule has 0 atom stereocenters. The SMILES string of the molecule is Cc1csc(SCCNC2CCCCC2)n1. The van der Waals surface area contributed by atoms with E-state index < -0.39 is 0 Å². The van der Waals surface area contributed by atoms with E-state index in [1.807, 2.05) is 11.8 Å². The Morgan fingerprint density at radius 2 is 2.25 bits per heavy atom. The molecule has 1 N–H and O–H groups in total. The van der Waals surface area contributed by atoms with E-state index >= 15 is 0 Å². The smallest absolute Gasteiger partial charge is 0.150 e. The highest BCUT2D eigenvalue weighted by molar-refractivity contribution is 8.01. The molecule has 2 nitrogen and oxygen atoms in total. The average molecular weight is 256 g/mol. The van der Waals surface area contributed by atoms with E-state index in [4.69, 9.17) is 0 Å². The minimum absolute atomic E-state index is 0.785. The lowest BCUT2D eigenvalue weighted by molar-refractivity contribution is 0.381. The first-order valence-electron chi connectivity index (χ1n) is 6.13. The van der Waals surface area contributed by atoms with Gasteiger partial charge in [-0.05, 0) is 19.8 Å². The van der Waals surface area contributed by atoms with Crippen LogP contribution in [0, 0.1) is 6.92 Å². The molecule has 0 bridgehead atoms. The molecule has 0 aromatic carbocycles. The maximum Gasteiger partial charge on any atom is 0.150 e. The third kappa shape index (κ3) is 4.07. The predicted octanol–water partition coefficient (Wildman–Crippen LogP) is 3.47. The Balaban J connectivity index is 1.57. The van der Waals surface area contributed by atoms with Crippen LogP contribution in [0.2, 0.25) is 0 Å². The average Bonchev–Trinajstić information content (AvgIpc) is 2.72. The monoisotopic (exact) mass is 256 g/mol. The summed E-state index contributed by atoms with van der Waals surface area (Å²) in [6.07, 6.45) is 7.01. The second-order valence-corrected chi connectivity index (χ2v) is 6.59. The van der Waals surface area contributed by atoms with Gasteiger partial charge in [0.05, 0.1) is 0 Å². The fourth-order valence-electron chi connectivity index (χ4n) is 2.11. The van der Waals surface area contributed by atoms with Gasteiger partial charge in [-0.1, -0.05) is 31.0 Å². The molecule has 1 aromatic rings. The number of rotatable bonds is 5. The van der Waals surface area contributed by atoms with Crippen molar-refractivity contribution in [2.24, 2.45) is 0 Å². The molecule has 1 aromatic heterocycles. The van der Waals surface area contributed by atoms with E-state index in [1.54, 1.807) is 11.3 Å². The Morgan fingerprint density at radius 3 is 2.94 bits per heavy atom. The molecule has 2 rings (SSSR count). The second kappa shape index (κ2) is 6.62. The van der Waals surface area contributed by atoms with Crippen molar-refractivity contribution >= 4 is 23.1 Å². The lowest BCUT2D eigenvalue weighted by Gasteiger charge is -2.22. The number of hydrogen-bond acceptors (Lipinski definition) is 4. The molecule has 0 unspecified atom stereocenters. The molecular weight excluding hydrogens is 236 g/mol. The number of nitrogens with zero attached hydrogens (tertiary/aromatic N) is 1. The summed E-state index contributed by atoms with van der Waals surface area (Å²) >= 11 is 3.63. The van der Waals surface area contributed by atoms with Gasteiger partial charge in [0.15, 0.2) is 0 Å². The largest absolute Gasteiger partial charge is 0.313 e. The van der Waals surface area contributed by atoms with Crippen molar-refractivity contribution in [1.29, 1.82) is 0 Å². The van der Waals surface area contributed by atoms with Gasteiger partial charge in [0.25, 0.3) is 0 Å². The highest BCUT2D eigenvalue weighted by Crippen LogP contribution is 2.22. The number of thiazole rings is 1. The van der Waals surface area contributed by atoms with Crippen molar-refractivity contribution in [2.75, 3.05) is 12.3 Å². The van der Waals surface area contributed by atoms with Gasteiger partial charge in [-0.3, -0.25) is 0 Å². The molecule has 1 aliphatic rings. The van der Waals surface area contributed by atoms with Gasteiger partial charge in [0.2, 0.25) is 0 Å². The minimum Gasteiger partial charge on any atom is -0.313 e. The first-order chi connectivity index (χ1) is 7.84. The van der Waals surface area contributed by atoms with Gasteiger partial charge in [-0.2, -0.15) is 0 Å². The summed E-state index contributed by atoms with van der Waals surface area (Å²) in [5, 5.41) is 5.78. The fraction of sp³-hybridized carbons (Fsp3) is 0.750. The maximum atomic E-state index is 4.45. The molecule has 1 heterocycles. The Hall–Kier alpha value is -0.0600. The lowest BCUT2D eigenvalue weighted by atomic mass is 9.96. The van der Waals surface area contributed by atoms with Crippen molar-refractivity contribution in [3.8, 4) is 0 Å². The summed E-state index contributed by atoms with van der Waals surface area (Å²) in [6.45, 7) is 3.18. The van der Waals surface area contributed by atoms with Crippen LogP contribution in [0.25, 0.3) is 0 Å². The topological polar surface area (TPSA) is 24.9 Å². The van der Waals surface area contributed by atoms with Gasteiger partial charge in [-0.25, -0.2) is 4.98 Å². The first-order valence-corrected chi connectivity index (χ1v) is 7.99. The zero-order valence-corrected chi connectivity index (χ0v) is 11.5. The van der Waals surface area contributed by atoms with Crippen LogP contribution in [0.15, 0.2) is 9.72 Å². The second-order valence-electron chi connectivity index (χ2n) is 4.39. The maximum absolute atomic E-state index is 4.45. The third-order valence-corrected chi connectivity index (χ3v) is 5.10. The molecule has 1 aliphatic carbocycles. The number of hydrogen-bond donors (Lipinski definition) is 1. The third-order valence-electron chi connectivity index (χ3n) is 2.96. The first kappa shape index (κ1) is 12.4. The molecule has 0 radical (unpaired) electrons. The summed E-state index contributed by atoms with van der Waals surface area (Å²) in [5.41, 5.74) is 1.15. The van der Waals surface area contributed by atoms with Crippen LogP contribution in [0.3, 0.4) is 0 Å².